The molecule has 0 spiro atoms. The highest BCUT2D eigenvalue weighted by Crippen LogP contribution is 2.29. The maximum Gasteiger partial charge on any atom is 0.339 e. The molecule has 1 saturated carbocycles. The van der Waals surface area contributed by atoms with Gasteiger partial charge in [-0.25, -0.2) is 4.79 Å². The van der Waals surface area contributed by atoms with Crippen molar-refractivity contribution in [1.82, 2.24) is 0 Å². The van der Waals surface area contributed by atoms with Gasteiger partial charge in [0.1, 0.15) is 11.8 Å². The van der Waals surface area contributed by atoms with Crippen molar-refractivity contribution in [1.29, 1.82) is 0 Å². The molecule has 0 saturated heterocycles. The van der Waals surface area contributed by atoms with Crippen LogP contribution in [0.2, 0.25) is 0 Å². The zero-order valence-corrected chi connectivity index (χ0v) is 10.3. The van der Waals surface area contributed by atoms with Crippen molar-refractivity contribution < 1.29 is 14.9 Å². The van der Waals surface area contributed by atoms with Gasteiger partial charge < -0.3 is 14.9 Å². The largest absolute Gasteiger partial charge is 0.493 e. The molecule has 0 unspecified atom stereocenters. The van der Waals surface area contributed by atoms with E-state index in [1.807, 2.05) is 0 Å². The van der Waals surface area contributed by atoms with Gasteiger partial charge in [0, 0.05) is 12.5 Å². The normalized spacial score (nSPS) is 16.8. The van der Waals surface area contributed by atoms with E-state index in [-0.39, 0.29) is 11.7 Å². The van der Waals surface area contributed by atoms with Crippen LogP contribution in [0.15, 0.2) is 21.3 Å². The van der Waals surface area contributed by atoms with Crippen molar-refractivity contribution in [3.05, 3.63) is 28.3 Å². The molecule has 3 N–H and O–H groups in total. The van der Waals surface area contributed by atoms with Gasteiger partial charge in [-0.2, -0.15) is 0 Å². The third-order valence-corrected chi connectivity index (χ3v) is 2.99. The standard InChI is InChI=1S/C13H19NO3/c1-2-3-11(14)12-6-10(7-13(15)17-12)16-8-9-4-5-9/h6-7,9,11H,2-5,8,14H2,1H3/p+1/t11-/m1/s1. The summed E-state index contributed by atoms with van der Waals surface area (Å²) in [6.07, 6.45) is 4.41. The summed E-state index contributed by atoms with van der Waals surface area (Å²) in [5.74, 6) is 1.93. The molecule has 4 heteroatoms. The molecule has 1 aliphatic rings. The van der Waals surface area contributed by atoms with Crippen molar-refractivity contribution in [2.45, 2.75) is 38.6 Å². The summed E-state index contributed by atoms with van der Waals surface area (Å²) >= 11 is 0. The molecule has 0 radical (unpaired) electrons. The van der Waals surface area contributed by atoms with Crippen LogP contribution in [0.5, 0.6) is 5.75 Å². The van der Waals surface area contributed by atoms with Gasteiger partial charge in [-0.05, 0) is 18.8 Å². The number of rotatable bonds is 6. The number of ether oxygens (including phenoxy) is 1. The van der Waals surface area contributed by atoms with Crippen LogP contribution < -0.4 is 16.1 Å². The lowest BCUT2D eigenvalue weighted by atomic mass is 10.1. The molecule has 1 aromatic heterocycles. The van der Waals surface area contributed by atoms with Crippen LogP contribution in [-0.4, -0.2) is 6.61 Å². The molecule has 1 atom stereocenters. The van der Waals surface area contributed by atoms with E-state index in [2.05, 4.69) is 12.7 Å². The Hall–Kier alpha value is -1.29. The van der Waals surface area contributed by atoms with Gasteiger partial charge >= 0.3 is 5.63 Å². The van der Waals surface area contributed by atoms with Gasteiger partial charge in [0.25, 0.3) is 0 Å². The van der Waals surface area contributed by atoms with E-state index < -0.39 is 0 Å². The first kappa shape index (κ1) is 12.2. The Kier molecular flexibility index (Phi) is 3.84. The molecule has 0 aromatic carbocycles. The maximum absolute atomic E-state index is 11.4. The molecule has 4 nitrogen and oxygen atoms in total. The van der Waals surface area contributed by atoms with Crippen molar-refractivity contribution in [2.75, 3.05) is 6.61 Å². The summed E-state index contributed by atoms with van der Waals surface area (Å²) in [7, 11) is 0. The zero-order valence-electron chi connectivity index (χ0n) is 10.3. The van der Waals surface area contributed by atoms with E-state index in [9.17, 15) is 4.79 Å². The fourth-order valence-corrected chi connectivity index (χ4v) is 1.75. The Balaban J connectivity index is 2.07. The van der Waals surface area contributed by atoms with Crippen LogP contribution in [-0.2, 0) is 0 Å². The lowest BCUT2D eigenvalue weighted by molar-refractivity contribution is -0.432. The average molecular weight is 238 g/mol. The van der Waals surface area contributed by atoms with Crippen LogP contribution in [0.4, 0.5) is 0 Å². The smallest absolute Gasteiger partial charge is 0.339 e. The van der Waals surface area contributed by atoms with Crippen LogP contribution in [0.25, 0.3) is 0 Å². The fraction of sp³-hybridized carbons (Fsp3) is 0.615. The lowest BCUT2D eigenvalue weighted by Crippen LogP contribution is -2.53. The first-order valence-electron chi connectivity index (χ1n) is 6.30. The molecular formula is C13H20NO3+. The molecule has 0 bridgehead atoms. The fourth-order valence-electron chi connectivity index (χ4n) is 1.75. The minimum absolute atomic E-state index is 0.0252. The van der Waals surface area contributed by atoms with Gasteiger partial charge in [-0.15, -0.1) is 0 Å². The van der Waals surface area contributed by atoms with Crippen LogP contribution in [0.1, 0.15) is 44.4 Å². The summed E-state index contributed by atoms with van der Waals surface area (Å²) in [4.78, 5) is 11.4. The predicted octanol–water partition coefficient (Wildman–Crippen LogP) is 1.51. The summed E-state index contributed by atoms with van der Waals surface area (Å²) in [5, 5.41) is 0. The Morgan fingerprint density at radius 2 is 2.29 bits per heavy atom. The van der Waals surface area contributed by atoms with E-state index in [0.29, 0.717) is 24.0 Å². The topological polar surface area (TPSA) is 67.1 Å². The van der Waals surface area contributed by atoms with Gasteiger partial charge in [-0.1, -0.05) is 13.3 Å². The van der Waals surface area contributed by atoms with Gasteiger partial charge in [0.05, 0.1) is 12.7 Å². The molecule has 1 aromatic rings. The van der Waals surface area contributed by atoms with E-state index in [0.717, 1.165) is 12.8 Å². The van der Waals surface area contributed by atoms with Crippen LogP contribution in [0, 0.1) is 5.92 Å². The van der Waals surface area contributed by atoms with E-state index in [1.165, 1.54) is 18.9 Å². The molecular weight excluding hydrogens is 218 g/mol. The monoisotopic (exact) mass is 238 g/mol. The van der Waals surface area contributed by atoms with Gasteiger partial charge in [0.2, 0.25) is 0 Å². The van der Waals surface area contributed by atoms with Crippen molar-refractivity contribution in [3.63, 3.8) is 0 Å². The molecule has 1 heterocycles. The van der Waals surface area contributed by atoms with Crippen molar-refractivity contribution in [2.24, 2.45) is 5.92 Å². The van der Waals surface area contributed by atoms with Crippen LogP contribution in [0.3, 0.4) is 0 Å². The number of quaternary nitrogens is 1. The summed E-state index contributed by atoms with van der Waals surface area (Å²) in [5.41, 5.74) is 3.65. The number of hydrogen-bond acceptors (Lipinski definition) is 3. The number of hydrogen-bond donors (Lipinski definition) is 1. The van der Waals surface area contributed by atoms with Crippen molar-refractivity contribution >= 4 is 0 Å². The highest BCUT2D eigenvalue weighted by atomic mass is 16.5. The highest BCUT2D eigenvalue weighted by molar-refractivity contribution is 5.21. The lowest BCUT2D eigenvalue weighted by Gasteiger charge is -2.08. The van der Waals surface area contributed by atoms with Gasteiger partial charge in [-0.3, -0.25) is 0 Å². The minimum Gasteiger partial charge on any atom is -0.493 e. The summed E-state index contributed by atoms with van der Waals surface area (Å²) < 4.78 is 10.7. The van der Waals surface area contributed by atoms with Crippen LogP contribution >= 0.6 is 0 Å². The molecule has 94 valence electrons. The van der Waals surface area contributed by atoms with Gasteiger partial charge in [0.15, 0.2) is 5.76 Å². The molecule has 0 aliphatic heterocycles. The average Bonchev–Trinajstić information content (AvgIpc) is 3.10. The molecule has 2 rings (SSSR count). The molecule has 0 amide bonds. The Labute approximate surface area is 101 Å². The second-order valence-corrected chi connectivity index (χ2v) is 4.75. The summed E-state index contributed by atoms with van der Waals surface area (Å²) in [6.45, 7) is 2.79. The summed E-state index contributed by atoms with van der Waals surface area (Å²) in [6, 6.07) is 3.24. The third-order valence-electron chi connectivity index (χ3n) is 2.99. The van der Waals surface area contributed by atoms with Crippen molar-refractivity contribution in [3.8, 4) is 5.75 Å². The molecule has 1 fully saturated rings. The predicted molar refractivity (Wildman–Crippen MR) is 63.7 cm³/mol. The van der Waals surface area contributed by atoms with E-state index >= 15 is 0 Å². The Morgan fingerprint density at radius 3 is 2.94 bits per heavy atom. The second-order valence-electron chi connectivity index (χ2n) is 4.75. The quantitative estimate of drug-likeness (QED) is 0.817. The molecule has 17 heavy (non-hydrogen) atoms. The first-order valence-corrected chi connectivity index (χ1v) is 6.30. The SMILES string of the molecule is CCC[C@@H]([NH3+])c1cc(OCC2CC2)cc(=O)o1. The third kappa shape index (κ3) is 3.60. The first-order chi connectivity index (χ1) is 8.19. The maximum atomic E-state index is 11.4. The minimum atomic E-state index is -0.349. The van der Waals surface area contributed by atoms with E-state index in [1.54, 1.807) is 6.07 Å². The molecule has 1 aliphatic carbocycles. The zero-order chi connectivity index (χ0) is 12.3. The second kappa shape index (κ2) is 5.36. The van der Waals surface area contributed by atoms with E-state index in [4.69, 9.17) is 9.15 Å². The Bertz CT molecular complexity index is 423. The highest BCUT2D eigenvalue weighted by Gasteiger charge is 2.22. The Morgan fingerprint density at radius 1 is 1.53 bits per heavy atom.